The highest BCUT2D eigenvalue weighted by Crippen LogP contribution is 1.82. The third-order valence-electron chi connectivity index (χ3n) is 0.475. The fourth-order valence-electron chi connectivity index (χ4n) is 0.215. The third kappa shape index (κ3) is 5.08. The van der Waals surface area contributed by atoms with Crippen LogP contribution in [0.2, 0.25) is 0 Å². The number of hydrogen-bond acceptors (Lipinski definition) is 2. The molecule has 0 amide bonds. The summed E-state index contributed by atoms with van der Waals surface area (Å²) in [6.45, 7) is 8.55. The van der Waals surface area contributed by atoms with Gasteiger partial charge in [-0.05, 0) is 0 Å². The fraction of sp³-hybridized carbons (Fsp3) is 0.167. The first-order valence-corrected chi connectivity index (χ1v) is 2.22. The van der Waals surface area contributed by atoms with Crippen molar-refractivity contribution in [1.82, 2.24) is 0 Å². The standard InChI is InChI=1S/C6H9O2/c1-3-7-5-6-8-4-2/h3-5H,1-2,6H2. The van der Waals surface area contributed by atoms with Gasteiger partial charge in [0.2, 0.25) is 0 Å². The van der Waals surface area contributed by atoms with E-state index in [0.717, 1.165) is 0 Å². The summed E-state index contributed by atoms with van der Waals surface area (Å²) in [6, 6.07) is 0. The second-order valence-electron chi connectivity index (χ2n) is 0.969. The van der Waals surface area contributed by atoms with E-state index in [1.54, 1.807) is 0 Å². The molecular weight excluding hydrogens is 104 g/mol. The topological polar surface area (TPSA) is 18.5 Å². The van der Waals surface area contributed by atoms with Crippen molar-refractivity contribution in [1.29, 1.82) is 0 Å². The molecule has 1 radical (unpaired) electrons. The molecule has 0 aliphatic rings. The van der Waals surface area contributed by atoms with Crippen LogP contribution in [0.1, 0.15) is 0 Å². The van der Waals surface area contributed by atoms with Crippen LogP contribution in [0.5, 0.6) is 0 Å². The first-order chi connectivity index (χ1) is 3.91. The van der Waals surface area contributed by atoms with Crippen LogP contribution in [-0.2, 0) is 9.47 Å². The lowest BCUT2D eigenvalue weighted by Gasteiger charge is -1.96. The molecule has 0 fully saturated rings. The molecule has 0 N–H and O–H groups in total. The van der Waals surface area contributed by atoms with E-state index in [1.807, 2.05) is 0 Å². The van der Waals surface area contributed by atoms with E-state index >= 15 is 0 Å². The van der Waals surface area contributed by atoms with Gasteiger partial charge in [0.15, 0.2) is 6.61 Å². The maximum absolute atomic E-state index is 4.67. The van der Waals surface area contributed by atoms with E-state index < -0.39 is 0 Å². The van der Waals surface area contributed by atoms with Crippen molar-refractivity contribution in [3.8, 4) is 0 Å². The van der Waals surface area contributed by atoms with Gasteiger partial charge in [-0.15, -0.1) is 0 Å². The number of rotatable bonds is 5. The van der Waals surface area contributed by atoms with Crippen LogP contribution in [0.25, 0.3) is 0 Å². The van der Waals surface area contributed by atoms with Gasteiger partial charge in [0.05, 0.1) is 12.5 Å². The summed E-state index contributed by atoms with van der Waals surface area (Å²) < 4.78 is 9.27. The van der Waals surface area contributed by atoms with Gasteiger partial charge in [-0.25, -0.2) is 0 Å². The lowest BCUT2D eigenvalue weighted by Crippen LogP contribution is -1.87. The maximum Gasteiger partial charge on any atom is 0.171 e. The minimum atomic E-state index is 0.412. The van der Waals surface area contributed by atoms with Crippen molar-refractivity contribution in [2.75, 3.05) is 6.61 Å². The van der Waals surface area contributed by atoms with Crippen LogP contribution < -0.4 is 0 Å². The van der Waals surface area contributed by atoms with Gasteiger partial charge < -0.3 is 9.47 Å². The first-order valence-electron chi connectivity index (χ1n) is 2.22. The molecule has 0 aliphatic carbocycles. The SMILES string of the molecule is C=CO[CH]COC=C. The molecule has 0 aromatic rings. The summed E-state index contributed by atoms with van der Waals surface area (Å²) in [5.41, 5.74) is 0. The molecule has 0 saturated heterocycles. The molecule has 0 heterocycles. The normalized spacial score (nSPS) is 7.50. The van der Waals surface area contributed by atoms with Gasteiger partial charge in [-0.2, -0.15) is 0 Å². The van der Waals surface area contributed by atoms with Crippen LogP contribution in [0, 0.1) is 6.61 Å². The van der Waals surface area contributed by atoms with Crippen molar-refractivity contribution in [3.05, 3.63) is 32.3 Å². The van der Waals surface area contributed by atoms with Gasteiger partial charge in [-0.1, -0.05) is 13.2 Å². The molecule has 2 nitrogen and oxygen atoms in total. The van der Waals surface area contributed by atoms with Crippen molar-refractivity contribution < 1.29 is 9.47 Å². The highest BCUT2D eigenvalue weighted by atomic mass is 16.5. The first kappa shape index (κ1) is 7.08. The average Bonchev–Trinajstić information content (AvgIpc) is 1.81. The Balaban J connectivity index is 2.71. The number of ether oxygens (including phenoxy) is 2. The van der Waals surface area contributed by atoms with Gasteiger partial charge in [0.1, 0.15) is 6.61 Å². The molecule has 0 unspecified atom stereocenters. The zero-order valence-electron chi connectivity index (χ0n) is 4.67. The van der Waals surface area contributed by atoms with Crippen LogP contribution in [0.15, 0.2) is 25.7 Å². The van der Waals surface area contributed by atoms with Gasteiger partial charge in [-0.3, -0.25) is 0 Å². The molecule has 0 aromatic carbocycles. The molecule has 0 atom stereocenters. The molecule has 45 valence electrons. The van der Waals surface area contributed by atoms with E-state index in [4.69, 9.17) is 0 Å². The van der Waals surface area contributed by atoms with Crippen LogP contribution in [0.4, 0.5) is 0 Å². The minimum Gasteiger partial charge on any atom is -0.498 e. The molecule has 0 spiro atoms. The van der Waals surface area contributed by atoms with Crippen LogP contribution in [0.3, 0.4) is 0 Å². The Labute approximate surface area is 49.4 Å². The van der Waals surface area contributed by atoms with Crippen LogP contribution >= 0.6 is 0 Å². The highest BCUT2D eigenvalue weighted by molar-refractivity contribution is 4.58. The van der Waals surface area contributed by atoms with E-state index in [-0.39, 0.29) is 0 Å². The van der Waals surface area contributed by atoms with Gasteiger partial charge in [0.25, 0.3) is 0 Å². The minimum absolute atomic E-state index is 0.412. The molecular formula is C6H9O2. The summed E-state index contributed by atoms with van der Waals surface area (Å²) in [5, 5.41) is 0. The molecule has 0 bridgehead atoms. The Morgan fingerprint density at radius 3 is 2.50 bits per heavy atom. The average molecular weight is 113 g/mol. The molecule has 0 aliphatic heterocycles. The van der Waals surface area contributed by atoms with Crippen molar-refractivity contribution in [2.45, 2.75) is 0 Å². The summed E-state index contributed by atoms with van der Waals surface area (Å²) in [7, 11) is 0. The second kappa shape index (κ2) is 6.08. The van der Waals surface area contributed by atoms with E-state index in [0.29, 0.717) is 6.61 Å². The van der Waals surface area contributed by atoms with Gasteiger partial charge >= 0.3 is 0 Å². The molecule has 0 aromatic heterocycles. The Bertz CT molecular complexity index is 58.9. The molecule has 0 saturated carbocycles. The Hall–Kier alpha value is -0.920. The molecule has 8 heavy (non-hydrogen) atoms. The van der Waals surface area contributed by atoms with E-state index in [2.05, 4.69) is 22.6 Å². The lowest BCUT2D eigenvalue weighted by molar-refractivity contribution is 0.203. The fourth-order valence-corrected chi connectivity index (χ4v) is 0.215. The molecule has 0 rings (SSSR count). The Morgan fingerprint density at radius 1 is 1.25 bits per heavy atom. The zero-order valence-corrected chi connectivity index (χ0v) is 4.67. The van der Waals surface area contributed by atoms with Crippen molar-refractivity contribution in [3.63, 3.8) is 0 Å². The van der Waals surface area contributed by atoms with Crippen LogP contribution in [-0.4, -0.2) is 6.61 Å². The maximum atomic E-state index is 4.67. The smallest absolute Gasteiger partial charge is 0.171 e. The van der Waals surface area contributed by atoms with E-state index in [1.165, 1.54) is 19.1 Å². The Morgan fingerprint density at radius 2 is 2.00 bits per heavy atom. The summed E-state index contributed by atoms with van der Waals surface area (Å²) in [6.07, 6.45) is 2.68. The number of hydrogen-bond donors (Lipinski definition) is 0. The summed E-state index contributed by atoms with van der Waals surface area (Å²) in [5.74, 6) is 0. The van der Waals surface area contributed by atoms with Gasteiger partial charge in [0, 0.05) is 0 Å². The monoisotopic (exact) mass is 113 g/mol. The highest BCUT2D eigenvalue weighted by Gasteiger charge is 1.79. The van der Waals surface area contributed by atoms with Crippen molar-refractivity contribution >= 4 is 0 Å². The summed E-state index contributed by atoms with van der Waals surface area (Å²) >= 11 is 0. The molecule has 2 heteroatoms. The van der Waals surface area contributed by atoms with E-state index in [9.17, 15) is 0 Å². The lowest BCUT2D eigenvalue weighted by atomic mass is 10.8. The predicted octanol–water partition coefficient (Wildman–Crippen LogP) is 1.47. The summed E-state index contributed by atoms with van der Waals surface area (Å²) in [4.78, 5) is 0. The Kier molecular flexibility index (Phi) is 5.38. The third-order valence-corrected chi connectivity index (χ3v) is 0.475. The zero-order chi connectivity index (χ0) is 6.24. The quantitative estimate of drug-likeness (QED) is 0.397. The van der Waals surface area contributed by atoms with Crippen molar-refractivity contribution in [2.24, 2.45) is 0 Å². The predicted molar refractivity (Wildman–Crippen MR) is 31.7 cm³/mol. The largest absolute Gasteiger partial charge is 0.498 e. The second-order valence-corrected chi connectivity index (χ2v) is 0.969.